The summed E-state index contributed by atoms with van der Waals surface area (Å²) in [5, 5.41) is 13.3. The summed E-state index contributed by atoms with van der Waals surface area (Å²) < 4.78 is 33.5. The van der Waals surface area contributed by atoms with E-state index < -0.39 is 32.8 Å². The number of rotatable bonds is 8. The lowest BCUT2D eigenvalue weighted by Gasteiger charge is -2.13. The van der Waals surface area contributed by atoms with Gasteiger partial charge in [-0.2, -0.15) is 0 Å². The Bertz CT molecular complexity index is 1040. The van der Waals surface area contributed by atoms with Gasteiger partial charge in [-0.05, 0) is 55.8 Å². The maximum absolute atomic E-state index is 12.8. The summed E-state index contributed by atoms with van der Waals surface area (Å²) in [6.07, 6.45) is 0.190. The molecular formula is C19H21N3O6S. The Labute approximate surface area is 168 Å². The first-order chi connectivity index (χ1) is 13.7. The molecule has 0 spiro atoms. The van der Waals surface area contributed by atoms with Crippen molar-refractivity contribution in [2.24, 2.45) is 5.92 Å². The third-order valence-corrected chi connectivity index (χ3v) is 6.05. The van der Waals surface area contributed by atoms with Crippen LogP contribution < -0.4 is 14.8 Å². The molecule has 2 aromatic rings. The lowest BCUT2D eigenvalue weighted by atomic mass is 10.2. The minimum atomic E-state index is -3.91. The molecule has 0 unspecified atom stereocenters. The molecule has 1 saturated carbocycles. The van der Waals surface area contributed by atoms with Crippen molar-refractivity contribution in [3.63, 3.8) is 0 Å². The molecule has 9 nitrogen and oxygen atoms in total. The number of hydrogen-bond donors (Lipinski definition) is 2. The molecule has 154 valence electrons. The molecular weight excluding hydrogens is 398 g/mol. The van der Waals surface area contributed by atoms with Gasteiger partial charge in [0.25, 0.3) is 10.0 Å². The number of carbonyl (C=O) groups is 1. The first-order valence-electron chi connectivity index (χ1n) is 9.02. The van der Waals surface area contributed by atoms with E-state index in [0.717, 1.165) is 0 Å². The fourth-order valence-electron chi connectivity index (χ4n) is 2.89. The van der Waals surface area contributed by atoms with Crippen LogP contribution in [0.25, 0.3) is 0 Å². The second-order valence-corrected chi connectivity index (χ2v) is 8.38. The van der Waals surface area contributed by atoms with E-state index in [1.807, 2.05) is 6.92 Å². The Hall–Kier alpha value is -3.14. The van der Waals surface area contributed by atoms with Crippen LogP contribution in [0, 0.1) is 23.0 Å². The molecule has 10 heteroatoms. The van der Waals surface area contributed by atoms with E-state index in [0.29, 0.717) is 23.6 Å². The third-order valence-electron chi connectivity index (χ3n) is 4.53. The van der Waals surface area contributed by atoms with E-state index >= 15 is 0 Å². The smallest absolute Gasteiger partial charge is 0.262 e. The number of nitrogens with zero attached hydrogens (tertiary/aromatic N) is 1. The number of carbonyl (C=O) groups excluding carboxylic acids is 1. The van der Waals surface area contributed by atoms with Crippen LogP contribution in [-0.4, -0.2) is 31.9 Å². The molecule has 0 radical (unpaired) electrons. The maximum atomic E-state index is 12.8. The van der Waals surface area contributed by atoms with Gasteiger partial charge in [0.2, 0.25) is 11.9 Å². The summed E-state index contributed by atoms with van der Waals surface area (Å²) in [6.45, 7) is 4.00. The number of benzene rings is 2. The Morgan fingerprint density at radius 1 is 1.21 bits per heavy atom. The predicted octanol–water partition coefficient (Wildman–Crippen LogP) is 2.80. The fraction of sp³-hybridized carbons (Fsp3) is 0.316. The summed E-state index contributed by atoms with van der Waals surface area (Å²) in [6, 6.07) is 10.1. The highest BCUT2D eigenvalue weighted by Crippen LogP contribution is 2.34. The van der Waals surface area contributed by atoms with Gasteiger partial charge in [-0.3, -0.25) is 19.6 Å². The minimum Gasteiger partial charge on any atom is -0.494 e. The van der Waals surface area contributed by atoms with Crippen molar-refractivity contribution in [1.29, 1.82) is 0 Å². The van der Waals surface area contributed by atoms with Crippen molar-refractivity contribution in [2.75, 3.05) is 16.6 Å². The van der Waals surface area contributed by atoms with Crippen LogP contribution in [0.2, 0.25) is 0 Å². The van der Waals surface area contributed by atoms with Crippen molar-refractivity contribution in [3.05, 3.63) is 58.1 Å². The number of sulfonamides is 1. The second-order valence-electron chi connectivity index (χ2n) is 6.73. The average molecular weight is 419 g/mol. The van der Waals surface area contributed by atoms with E-state index in [2.05, 4.69) is 10.0 Å². The number of ether oxygens (including phenoxy) is 1. The van der Waals surface area contributed by atoms with Crippen LogP contribution in [0.5, 0.6) is 5.75 Å². The lowest BCUT2D eigenvalue weighted by Crippen LogP contribution is -2.19. The molecule has 2 N–H and O–H groups in total. The zero-order valence-electron chi connectivity index (χ0n) is 15.9. The Morgan fingerprint density at radius 3 is 2.45 bits per heavy atom. The summed E-state index contributed by atoms with van der Waals surface area (Å²) >= 11 is 0. The fourth-order valence-corrected chi connectivity index (χ4v) is 4.23. The van der Waals surface area contributed by atoms with E-state index in [-0.39, 0.29) is 17.0 Å². The maximum Gasteiger partial charge on any atom is 0.262 e. The quantitative estimate of drug-likeness (QED) is 0.500. The molecule has 29 heavy (non-hydrogen) atoms. The molecule has 1 aliphatic carbocycles. The average Bonchev–Trinajstić information content (AvgIpc) is 3.46. The highest BCUT2D eigenvalue weighted by atomic mass is 32.2. The zero-order valence-corrected chi connectivity index (χ0v) is 16.7. The first-order valence-corrected chi connectivity index (χ1v) is 10.5. The molecule has 0 aromatic heterocycles. The molecule has 0 heterocycles. The van der Waals surface area contributed by atoms with E-state index in [4.69, 9.17) is 4.74 Å². The summed E-state index contributed by atoms with van der Waals surface area (Å²) in [5.74, 6) is -0.545. The summed E-state index contributed by atoms with van der Waals surface area (Å²) in [4.78, 5) is 22.4. The normalized spacial score (nSPS) is 18.0. The van der Waals surface area contributed by atoms with Crippen molar-refractivity contribution < 1.29 is 22.9 Å². The highest BCUT2D eigenvalue weighted by Gasteiger charge is 2.53. The number of nitrogens with one attached hydrogen (secondary N) is 2. The molecule has 3 rings (SSSR count). The van der Waals surface area contributed by atoms with E-state index in [9.17, 15) is 23.3 Å². The van der Waals surface area contributed by atoms with Crippen molar-refractivity contribution in [1.82, 2.24) is 0 Å². The predicted molar refractivity (Wildman–Crippen MR) is 107 cm³/mol. The Kier molecular flexibility index (Phi) is 5.73. The van der Waals surface area contributed by atoms with Crippen molar-refractivity contribution in [3.8, 4) is 5.75 Å². The van der Waals surface area contributed by atoms with Gasteiger partial charge in [0.05, 0.1) is 11.5 Å². The van der Waals surface area contributed by atoms with E-state index in [1.54, 1.807) is 43.3 Å². The van der Waals surface area contributed by atoms with Crippen molar-refractivity contribution >= 4 is 27.3 Å². The number of anilines is 2. The van der Waals surface area contributed by atoms with Crippen LogP contribution in [0.3, 0.4) is 0 Å². The highest BCUT2D eigenvalue weighted by molar-refractivity contribution is 7.92. The molecule has 0 saturated heterocycles. The van der Waals surface area contributed by atoms with Gasteiger partial charge in [-0.1, -0.05) is 6.07 Å². The van der Waals surface area contributed by atoms with Crippen LogP contribution in [0.1, 0.15) is 18.9 Å². The Balaban J connectivity index is 1.75. The second kappa shape index (κ2) is 8.08. The van der Waals surface area contributed by atoms with Gasteiger partial charge in [-0.15, -0.1) is 0 Å². The molecule has 2 aromatic carbocycles. The number of nitro groups is 1. The number of amides is 1. The summed E-state index contributed by atoms with van der Waals surface area (Å²) in [5.41, 5.74) is 1.13. The molecule has 0 aliphatic heterocycles. The van der Waals surface area contributed by atoms with Gasteiger partial charge < -0.3 is 10.1 Å². The standard InChI is InChI=1S/C19H21N3O6S/c1-3-28-15-8-6-13(7-9-15)21-29(26,27)18-10-14(5-4-12(18)2)20-19(23)16-11-17(16)22(24)25/h4-10,16-17,21H,3,11H2,1-2H3,(H,20,23)/t16-,17+/m0/s1. The molecule has 2 atom stereocenters. The third kappa shape index (κ3) is 4.83. The molecule has 0 bridgehead atoms. The first kappa shape index (κ1) is 20.6. The molecule has 1 amide bonds. The lowest BCUT2D eigenvalue weighted by molar-refractivity contribution is -0.497. The van der Waals surface area contributed by atoms with Gasteiger partial charge in [0.15, 0.2) is 0 Å². The van der Waals surface area contributed by atoms with Crippen LogP contribution in [-0.2, 0) is 14.8 Å². The van der Waals surface area contributed by atoms with Crippen molar-refractivity contribution in [2.45, 2.75) is 31.2 Å². The monoisotopic (exact) mass is 419 g/mol. The van der Waals surface area contributed by atoms with Gasteiger partial charge in [-0.25, -0.2) is 8.42 Å². The van der Waals surface area contributed by atoms with Gasteiger partial charge in [0, 0.05) is 22.7 Å². The van der Waals surface area contributed by atoms with E-state index in [1.165, 1.54) is 6.07 Å². The molecule has 1 fully saturated rings. The van der Waals surface area contributed by atoms with Crippen LogP contribution in [0.4, 0.5) is 11.4 Å². The molecule has 1 aliphatic rings. The van der Waals surface area contributed by atoms with Crippen LogP contribution in [0.15, 0.2) is 47.4 Å². The topological polar surface area (TPSA) is 128 Å². The number of hydrogen-bond acceptors (Lipinski definition) is 6. The SMILES string of the molecule is CCOc1ccc(NS(=O)(=O)c2cc(NC(=O)[C@H]3C[C@H]3[N+](=O)[O-])ccc2C)cc1. The van der Waals surface area contributed by atoms with Gasteiger partial charge >= 0.3 is 0 Å². The zero-order chi connectivity index (χ0) is 21.2. The van der Waals surface area contributed by atoms with Gasteiger partial charge in [0.1, 0.15) is 11.7 Å². The largest absolute Gasteiger partial charge is 0.494 e. The number of aryl methyl sites for hydroxylation is 1. The summed E-state index contributed by atoms with van der Waals surface area (Å²) in [7, 11) is -3.91. The van der Waals surface area contributed by atoms with Crippen LogP contribution >= 0.6 is 0 Å². The minimum absolute atomic E-state index is 0.00538. The Morgan fingerprint density at radius 2 is 1.86 bits per heavy atom.